The van der Waals surface area contributed by atoms with E-state index < -0.39 is 11.8 Å². The van der Waals surface area contributed by atoms with Gasteiger partial charge >= 0.3 is 0 Å². The summed E-state index contributed by atoms with van der Waals surface area (Å²) in [7, 11) is 0. The van der Waals surface area contributed by atoms with Crippen LogP contribution in [0.1, 0.15) is 66.6 Å². The van der Waals surface area contributed by atoms with Crippen molar-refractivity contribution in [3.05, 3.63) is 77.6 Å². The van der Waals surface area contributed by atoms with Gasteiger partial charge in [-0.05, 0) is 79.5 Å². The first-order chi connectivity index (χ1) is 16.0. The lowest BCUT2D eigenvalue weighted by Gasteiger charge is -2.28. The molecule has 3 aromatic rings. The lowest BCUT2D eigenvalue weighted by atomic mass is 9.77. The van der Waals surface area contributed by atoms with Gasteiger partial charge in [0.25, 0.3) is 11.8 Å². The van der Waals surface area contributed by atoms with E-state index in [0.717, 1.165) is 34.8 Å². The summed E-state index contributed by atoms with van der Waals surface area (Å²) in [6.07, 6.45) is 8.76. The Balaban J connectivity index is 1.58. The maximum Gasteiger partial charge on any atom is 0.258 e. The zero-order valence-electron chi connectivity index (χ0n) is 19.3. The number of carbonyl (C=O) groups excluding carboxylic acids is 2. The summed E-state index contributed by atoms with van der Waals surface area (Å²) >= 11 is 0. The molecule has 0 radical (unpaired) electrons. The summed E-state index contributed by atoms with van der Waals surface area (Å²) in [6, 6.07) is 16.5. The molecule has 0 spiro atoms. The fraction of sp³-hybridized carbons (Fsp3) is 0.321. The number of benzene rings is 2. The van der Waals surface area contributed by atoms with Crippen LogP contribution in [0.4, 0.5) is 0 Å². The molecular formula is C28H31N3O2. The van der Waals surface area contributed by atoms with Crippen LogP contribution < -0.4 is 11.1 Å². The van der Waals surface area contributed by atoms with Crippen molar-refractivity contribution in [2.24, 2.45) is 11.7 Å². The summed E-state index contributed by atoms with van der Waals surface area (Å²) < 4.78 is 0. The SMILES string of the molecule is CCC1CCC(c2ccc(-c3ccc4c(C(=O)NC(=O)/C=C\N)cc(C)nc4c3)cc2)CC1. The predicted octanol–water partition coefficient (Wildman–Crippen LogP) is 5.62. The summed E-state index contributed by atoms with van der Waals surface area (Å²) in [6.45, 7) is 4.14. The molecule has 2 amide bonds. The minimum Gasteiger partial charge on any atom is -0.404 e. The Labute approximate surface area is 195 Å². The van der Waals surface area contributed by atoms with Crippen LogP contribution in [-0.4, -0.2) is 16.8 Å². The molecule has 3 N–H and O–H groups in total. The number of aryl methyl sites for hydroxylation is 1. The lowest BCUT2D eigenvalue weighted by Crippen LogP contribution is -2.29. The highest BCUT2D eigenvalue weighted by atomic mass is 16.2. The Bertz CT molecular complexity index is 1190. The van der Waals surface area contributed by atoms with E-state index in [4.69, 9.17) is 5.73 Å². The van der Waals surface area contributed by atoms with Gasteiger partial charge in [0.1, 0.15) is 0 Å². The fourth-order valence-corrected chi connectivity index (χ4v) is 4.89. The largest absolute Gasteiger partial charge is 0.404 e. The molecule has 4 rings (SSSR count). The molecule has 0 unspecified atom stereocenters. The molecule has 1 saturated carbocycles. The van der Waals surface area contributed by atoms with E-state index >= 15 is 0 Å². The van der Waals surface area contributed by atoms with E-state index in [1.807, 2.05) is 25.1 Å². The van der Waals surface area contributed by atoms with Crippen LogP contribution in [0.25, 0.3) is 22.0 Å². The molecule has 1 fully saturated rings. The molecule has 0 atom stereocenters. The van der Waals surface area contributed by atoms with Gasteiger partial charge in [-0.25, -0.2) is 0 Å². The number of amides is 2. The molecule has 1 aliphatic rings. The van der Waals surface area contributed by atoms with E-state index in [1.54, 1.807) is 6.07 Å². The van der Waals surface area contributed by atoms with E-state index in [9.17, 15) is 9.59 Å². The average molecular weight is 442 g/mol. The van der Waals surface area contributed by atoms with Crippen LogP contribution in [0.5, 0.6) is 0 Å². The Hall–Kier alpha value is -3.47. The van der Waals surface area contributed by atoms with Crippen LogP contribution in [0.3, 0.4) is 0 Å². The Morgan fingerprint density at radius 1 is 1.03 bits per heavy atom. The van der Waals surface area contributed by atoms with Gasteiger partial charge in [-0.1, -0.05) is 49.7 Å². The molecule has 170 valence electrons. The van der Waals surface area contributed by atoms with Crippen LogP contribution in [0, 0.1) is 12.8 Å². The molecule has 1 aliphatic carbocycles. The highest BCUT2D eigenvalue weighted by molar-refractivity contribution is 6.13. The minimum atomic E-state index is -0.551. The molecule has 33 heavy (non-hydrogen) atoms. The van der Waals surface area contributed by atoms with Crippen LogP contribution >= 0.6 is 0 Å². The van der Waals surface area contributed by atoms with Gasteiger partial charge in [-0.2, -0.15) is 0 Å². The van der Waals surface area contributed by atoms with Crippen molar-refractivity contribution in [3.63, 3.8) is 0 Å². The normalized spacial score (nSPS) is 18.5. The summed E-state index contributed by atoms with van der Waals surface area (Å²) in [5, 5.41) is 3.04. The number of aromatic nitrogens is 1. The number of nitrogens with zero attached hydrogens (tertiary/aromatic N) is 1. The van der Waals surface area contributed by atoms with E-state index in [0.29, 0.717) is 22.6 Å². The average Bonchev–Trinajstić information content (AvgIpc) is 2.83. The highest BCUT2D eigenvalue weighted by Gasteiger charge is 2.21. The zero-order valence-corrected chi connectivity index (χ0v) is 19.3. The molecule has 5 nitrogen and oxygen atoms in total. The number of rotatable bonds is 5. The van der Waals surface area contributed by atoms with Crippen molar-refractivity contribution < 1.29 is 9.59 Å². The van der Waals surface area contributed by atoms with Crippen molar-refractivity contribution in [1.29, 1.82) is 0 Å². The van der Waals surface area contributed by atoms with Crippen molar-refractivity contribution in [3.8, 4) is 11.1 Å². The number of hydrogen-bond acceptors (Lipinski definition) is 4. The number of nitrogens with one attached hydrogen (secondary N) is 1. The molecule has 1 aromatic heterocycles. The van der Waals surface area contributed by atoms with Crippen LogP contribution in [0.15, 0.2) is 60.8 Å². The van der Waals surface area contributed by atoms with Gasteiger partial charge < -0.3 is 5.73 Å². The summed E-state index contributed by atoms with van der Waals surface area (Å²) in [5.41, 5.74) is 10.7. The number of fused-ring (bicyclic) bond motifs is 1. The predicted molar refractivity (Wildman–Crippen MR) is 133 cm³/mol. The van der Waals surface area contributed by atoms with Gasteiger partial charge in [0.05, 0.1) is 11.1 Å². The summed E-state index contributed by atoms with van der Waals surface area (Å²) in [5.74, 6) is 0.547. The Kier molecular flexibility index (Phi) is 6.87. The number of imide groups is 1. The first kappa shape index (κ1) is 22.7. The lowest BCUT2D eigenvalue weighted by molar-refractivity contribution is -0.115. The Morgan fingerprint density at radius 3 is 2.39 bits per heavy atom. The van der Waals surface area contributed by atoms with Gasteiger partial charge in [-0.15, -0.1) is 0 Å². The third-order valence-corrected chi connectivity index (χ3v) is 6.81. The topological polar surface area (TPSA) is 85.1 Å². The van der Waals surface area contributed by atoms with E-state index in [2.05, 4.69) is 41.5 Å². The second-order valence-corrected chi connectivity index (χ2v) is 8.97. The fourth-order valence-electron chi connectivity index (χ4n) is 4.89. The minimum absolute atomic E-state index is 0.417. The molecule has 0 saturated heterocycles. The smallest absolute Gasteiger partial charge is 0.258 e. The van der Waals surface area contributed by atoms with Gasteiger partial charge in [0.2, 0.25) is 0 Å². The number of pyridine rings is 1. The number of nitrogens with two attached hydrogens (primary N) is 1. The number of carbonyl (C=O) groups is 2. The maximum absolute atomic E-state index is 12.6. The third kappa shape index (κ3) is 5.14. The van der Waals surface area contributed by atoms with Crippen molar-refractivity contribution >= 4 is 22.7 Å². The van der Waals surface area contributed by atoms with Crippen molar-refractivity contribution in [2.75, 3.05) is 0 Å². The molecule has 5 heteroatoms. The molecular weight excluding hydrogens is 410 g/mol. The first-order valence-electron chi connectivity index (χ1n) is 11.7. The van der Waals surface area contributed by atoms with Gasteiger partial charge in [0.15, 0.2) is 0 Å². The maximum atomic E-state index is 12.6. The second-order valence-electron chi connectivity index (χ2n) is 8.97. The van der Waals surface area contributed by atoms with E-state index in [-0.39, 0.29) is 0 Å². The van der Waals surface area contributed by atoms with Gasteiger partial charge in [-0.3, -0.25) is 19.9 Å². The molecule has 0 aliphatic heterocycles. The highest BCUT2D eigenvalue weighted by Crippen LogP contribution is 2.37. The molecule has 1 heterocycles. The molecule has 2 aromatic carbocycles. The second kappa shape index (κ2) is 9.99. The third-order valence-electron chi connectivity index (χ3n) is 6.81. The van der Waals surface area contributed by atoms with Crippen LogP contribution in [-0.2, 0) is 4.79 Å². The quantitative estimate of drug-likeness (QED) is 0.503. The standard InChI is InChI=1S/C28H31N3O2/c1-3-19-4-6-20(7-5-19)21-8-10-22(11-9-21)23-12-13-24-25(16-18(2)30-26(24)17-23)28(33)31-27(32)14-15-29/h8-17,19-20H,3-7,29H2,1-2H3,(H,31,32,33)/b15-14-. The van der Waals surface area contributed by atoms with Gasteiger partial charge in [0, 0.05) is 17.2 Å². The van der Waals surface area contributed by atoms with Crippen LogP contribution in [0.2, 0.25) is 0 Å². The van der Waals surface area contributed by atoms with E-state index in [1.165, 1.54) is 37.7 Å². The number of hydrogen-bond donors (Lipinski definition) is 2. The van der Waals surface area contributed by atoms with Crippen molar-refractivity contribution in [1.82, 2.24) is 10.3 Å². The zero-order chi connectivity index (χ0) is 23.4. The molecule has 0 bridgehead atoms. The monoisotopic (exact) mass is 441 g/mol. The Morgan fingerprint density at radius 2 is 1.73 bits per heavy atom. The first-order valence-corrected chi connectivity index (χ1v) is 11.7. The summed E-state index contributed by atoms with van der Waals surface area (Å²) in [4.78, 5) is 29.0. The van der Waals surface area contributed by atoms with Crippen molar-refractivity contribution in [2.45, 2.75) is 51.9 Å².